The summed E-state index contributed by atoms with van der Waals surface area (Å²) in [5, 5.41) is 3.33. The molecule has 0 aromatic heterocycles. The fraction of sp³-hybridized carbons (Fsp3) is 0.429. The molecule has 2 rings (SSSR count). The molecule has 1 heterocycles. The molecule has 96 valence electrons. The Morgan fingerprint density at radius 2 is 2.17 bits per heavy atom. The number of nitrogens with one attached hydrogen (secondary N) is 1. The van der Waals surface area contributed by atoms with Crippen molar-refractivity contribution >= 4 is 0 Å². The van der Waals surface area contributed by atoms with Crippen molar-refractivity contribution in [1.29, 1.82) is 0 Å². The third-order valence-corrected chi connectivity index (χ3v) is 2.61. The largest absolute Gasteiger partial charge is 0.480 e. The van der Waals surface area contributed by atoms with Gasteiger partial charge in [0.25, 0.3) is 0 Å². The van der Waals surface area contributed by atoms with Crippen LogP contribution in [0.5, 0.6) is 17.2 Å². The highest BCUT2D eigenvalue weighted by molar-refractivity contribution is 5.51. The molecule has 0 aliphatic carbocycles. The van der Waals surface area contributed by atoms with Crippen LogP contribution in [0, 0.1) is 12.3 Å². The molecule has 0 fully saturated rings. The molecule has 0 bridgehead atoms. The number of fused-ring (bicyclic) bond motifs is 1. The van der Waals surface area contributed by atoms with Crippen molar-refractivity contribution in [3.8, 4) is 29.6 Å². The highest BCUT2D eigenvalue weighted by Gasteiger charge is 2.17. The van der Waals surface area contributed by atoms with Crippen molar-refractivity contribution in [3.63, 3.8) is 0 Å². The van der Waals surface area contributed by atoms with Gasteiger partial charge in [-0.2, -0.15) is 0 Å². The van der Waals surface area contributed by atoms with E-state index in [1.54, 1.807) is 0 Å². The van der Waals surface area contributed by atoms with Gasteiger partial charge in [-0.05, 0) is 19.0 Å². The van der Waals surface area contributed by atoms with Gasteiger partial charge in [0.2, 0.25) is 6.79 Å². The van der Waals surface area contributed by atoms with E-state index in [2.05, 4.69) is 18.2 Å². The summed E-state index contributed by atoms with van der Waals surface area (Å²) in [7, 11) is 0. The zero-order valence-corrected chi connectivity index (χ0v) is 10.5. The highest BCUT2D eigenvalue weighted by Crippen LogP contribution is 2.38. The molecule has 4 nitrogen and oxygen atoms in total. The molecular formula is C14H17NO3. The molecule has 1 aromatic carbocycles. The summed E-state index contributed by atoms with van der Waals surface area (Å²) in [6.45, 7) is 4.33. The smallest absolute Gasteiger partial charge is 0.231 e. The van der Waals surface area contributed by atoms with E-state index in [1.165, 1.54) is 0 Å². The minimum absolute atomic E-state index is 0.250. The average Bonchev–Trinajstić information content (AvgIpc) is 2.83. The second-order valence-electron chi connectivity index (χ2n) is 3.98. The maximum atomic E-state index is 5.53. The summed E-state index contributed by atoms with van der Waals surface area (Å²) < 4.78 is 16.2. The van der Waals surface area contributed by atoms with Crippen LogP contribution in [0.3, 0.4) is 0 Å². The van der Waals surface area contributed by atoms with Crippen LogP contribution >= 0.6 is 0 Å². The van der Waals surface area contributed by atoms with E-state index in [9.17, 15) is 0 Å². The molecule has 1 aliphatic rings. The minimum Gasteiger partial charge on any atom is -0.480 e. The first-order valence-electron chi connectivity index (χ1n) is 6.04. The number of rotatable bonds is 6. The zero-order valence-electron chi connectivity index (χ0n) is 10.5. The highest BCUT2D eigenvalue weighted by atomic mass is 16.7. The predicted octanol–water partition coefficient (Wildman–Crippen LogP) is 1.93. The first-order chi connectivity index (χ1) is 8.85. The van der Waals surface area contributed by atoms with Crippen molar-refractivity contribution in [2.24, 2.45) is 0 Å². The van der Waals surface area contributed by atoms with Crippen LogP contribution in [0.4, 0.5) is 0 Å². The molecular weight excluding hydrogens is 230 g/mol. The Morgan fingerprint density at radius 3 is 2.89 bits per heavy atom. The lowest BCUT2D eigenvalue weighted by atomic mass is 10.1. The van der Waals surface area contributed by atoms with Gasteiger partial charge in [-0.1, -0.05) is 12.8 Å². The maximum absolute atomic E-state index is 5.53. The summed E-state index contributed by atoms with van der Waals surface area (Å²) in [5.74, 6) is 4.68. The first kappa shape index (κ1) is 12.6. The lowest BCUT2D eigenvalue weighted by Crippen LogP contribution is -2.14. The molecule has 0 amide bonds. The van der Waals surface area contributed by atoms with Crippen LogP contribution in [0.25, 0.3) is 0 Å². The van der Waals surface area contributed by atoms with E-state index < -0.39 is 0 Å². The van der Waals surface area contributed by atoms with E-state index in [-0.39, 0.29) is 13.4 Å². The predicted molar refractivity (Wildman–Crippen MR) is 68.9 cm³/mol. The second kappa shape index (κ2) is 6.18. The summed E-state index contributed by atoms with van der Waals surface area (Å²) in [5.41, 5.74) is 1.03. The maximum Gasteiger partial charge on any atom is 0.231 e. The Bertz CT molecular complexity index is 451. The number of hydrogen-bond donors (Lipinski definition) is 1. The van der Waals surface area contributed by atoms with Crippen LogP contribution in [0.2, 0.25) is 0 Å². The molecule has 0 unspecified atom stereocenters. The molecule has 1 aliphatic heterocycles. The minimum atomic E-state index is 0.250. The SMILES string of the molecule is C#CCOc1cc2c(cc1CNCCC)OCO2. The van der Waals surface area contributed by atoms with Crippen LogP contribution < -0.4 is 19.5 Å². The van der Waals surface area contributed by atoms with Gasteiger partial charge in [-0.15, -0.1) is 6.42 Å². The van der Waals surface area contributed by atoms with E-state index in [0.717, 1.165) is 36.6 Å². The Balaban J connectivity index is 2.15. The van der Waals surface area contributed by atoms with Crippen molar-refractivity contribution in [2.45, 2.75) is 19.9 Å². The van der Waals surface area contributed by atoms with E-state index >= 15 is 0 Å². The quantitative estimate of drug-likeness (QED) is 0.616. The normalized spacial score (nSPS) is 12.2. The number of hydrogen-bond acceptors (Lipinski definition) is 4. The number of ether oxygens (including phenoxy) is 3. The first-order valence-corrected chi connectivity index (χ1v) is 6.04. The summed E-state index contributed by atoms with van der Waals surface area (Å²) in [6, 6.07) is 3.78. The topological polar surface area (TPSA) is 39.7 Å². The molecule has 4 heteroatoms. The third kappa shape index (κ3) is 2.88. The standard InChI is InChI=1S/C14H17NO3/c1-3-5-15-9-11-7-13-14(18-10-17-13)8-12(11)16-6-4-2/h2,7-8,15H,3,5-6,9-10H2,1H3. The molecule has 18 heavy (non-hydrogen) atoms. The Hall–Kier alpha value is -1.86. The molecule has 0 saturated carbocycles. The van der Waals surface area contributed by atoms with Gasteiger partial charge >= 0.3 is 0 Å². The van der Waals surface area contributed by atoms with Crippen molar-refractivity contribution in [2.75, 3.05) is 19.9 Å². The summed E-state index contributed by atoms with van der Waals surface area (Å²) in [4.78, 5) is 0. The Morgan fingerprint density at radius 1 is 1.39 bits per heavy atom. The summed E-state index contributed by atoms with van der Waals surface area (Å²) >= 11 is 0. The second-order valence-corrected chi connectivity index (χ2v) is 3.98. The number of benzene rings is 1. The monoisotopic (exact) mass is 247 g/mol. The summed E-state index contributed by atoms with van der Waals surface area (Å²) in [6.07, 6.45) is 6.30. The van der Waals surface area contributed by atoms with Crippen LogP contribution in [-0.4, -0.2) is 19.9 Å². The molecule has 0 atom stereocenters. The van der Waals surface area contributed by atoms with E-state index in [4.69, 9.17) is 20.6 Å². The van der Waals surface area contributed by atoms with Crippen LogP contribution in [0.1, 0.15) is 18.9 Å². The van der Waals surface area contributed by atoms with Crippen LogP contribution in [0.15, 0.2) is 12.1 Å². The van der Waals surface area contributed by atoms with E-state index in [0.29, 0.717) is 5.75 Å². The van der Waals surface area contributed by atoms with Crippen LogP contribution in [-0.2, 0) is 6.54 Å². The average molecular weight is 247 g/mol. The Kier molecular flexibility index (Phi) is 4.32. The molecule has 0 radical (unpaired) electrons. The van der Waals surface area contributed by atoms with Gasteiger partial charge in [0, 0.05) is 18.2 Å². The van der Waals surface area contributed by atoms with Gasteiger partial charge < -0.3 is 19.5 Å². The zero-order chi connectivity index (χ0) is 12.8. The molecule has 1 N–H and O–H groups in total. The van der Waals surface area contributed by atoms with Gasteiger partial charge in [-0.3, -0.25) is 0 Å². The molecule has 0 spiro atoms. The van der Waals surface area contributed by atoms with Gasteiger partial charge in [0.05, 0.1) is 0 Å². The molecule has 1 aromatic rings. The Labute approximate surface area is 107 Å². The lowest BCUT2D eigenvalue weighted by Gasteiger charge is -2.11. The van der Waals surface area contributed by atoms with Crippen molar-refractivity contribution in [3.05, 3.63) is 17.7 Å². The fourth-order valence-corrected chi connectivity index (χ4v) is 1.76. The van der Waals surface area contributed by atoms with Crippen molar-refractivity contribution < 1.29 is 14.2 Å². The number of terminal acetylenes is 1. The van der Waals surface area contributed by atoms with Gasteiger partial charge in [0.1, 0.15) is 12.4 Å². The van der Waals surface area contributed by atoms with Crippen molar-refractivity contribution in [1.82, 2.24) is 5.32 Å². The third-order valence-electron chi connectivity index (χ3n) is 2.61. The lowest BCUT2D eigenvalue weighted by molar-refractivity contribution is 0.174. The van der Waals surface area contributed by atoms with Gasteiger partial charge in [-0.25, -0.2) is 0 Å². The molecule has 0 saturated heterocycles. The fourth-order valence-electron chi connectivity index (χ4n) is 1.76. The van der Waals surface area contributed by atoms with E-state index in [1.807, 2.05) is 12.1 Å². The van der Waals surface area contributed by atoms with Gasteiger partial charge in [0.15, 0.2) is 11.5 Å².